The highest BCUT2D eigenvalue weighted by Crippen LogP contribution is 2.21. The molecule has 0 spiro atoms. The van der Waals surface area contributed by atoms with Gasteiger partial charge in [0.2, 0.25) is 10.0 Å². The average molecular weight is 348 g/mol. The molecule has 19 heavy (non-hydrogen) atoms. The van der Waals surface area contributed by atoms with Crippen LogP contribution in [0.2, 0.25) is 0 Å². The monoisotopic (exact) mass is 347 g/mol. The Balaban J connectivity index is 3.20. The summed E-state index contributed by atoms with van der Waals surface area (Å²) in [6.07, 6.45) is 0. The summed E-state index contributed by atoms with van der Waals surface area (Å²) >= 11 is 5.38. The third-order valence-corrected chi connectivity index (χ3v) is 4.85. The molecule has 0 aromatic heterocycles. The summed E-state index contributed by atoms with van der Waals surface area (Å²) < 4.78 is 60.9. The van der Waals surface area contributed by atoms with Crippen LogP contribution in [0.25, 0.3) is 0 Å². The van der Waals surface area contributed by atoms with Gasteiger partial charge in [0, 0.05) is 22.3 Å². The number of halogens is 3. The summed E-state index contributed by atoms with van der Waals surface area (Å²) in [5.74, 6) is -1.24. The lowest BCUT2D eigenvalue weighted by Gasteiger charge is -2.07. The number of benzene rings is 1. The van der Waals surface area contributed by atoms with E-state index in [1.54, 1.807) is 0 Å². The third kappa shape index (κ3) is 4.43. The summed E-state index contributed by atoms with van der Waals surface area (Å²) in [5.41, 5.74) is 0. The standard InChI is InChI=1S/C9H8Cl2FNO4S2/c1-6(10)5-13-19(16,17)9-3-2-7(4-8(9)12)18(11,14)15/h2-4,13H,1,5H2. The zero-order valence-electron chi connectivity index (χ0n) is 9.23. The van der Waals surface area contributed by atoms with E-state index in [9.17, 15) is 21.2 Å². The maximum atomic E-state index is 13.6. The first-order valence-corrected chi connectivity index (χ1v) is 8.78. The smallest absolute Gasteiger partial charge is 0.207 e. The second-order valence-corrected chi connectivity index (χ2v) is 8.21. The molecule has 106 valence electrons. The fourth-order valence-electron chi connectivity index (χ4n) is 1.10. The lowest BCUT2D eigenvalue weighted by atomic mass is 10.3. The van der Waals surface area contributed by atoms with E-state index in [2.05, 4.69) is 6.58 Å². The van der Waals surface area contributed by atoms with E-state index < -0.39 is 34.7 Å². The molecule has 0 heterocycles. The molecule has 0 aliphatic carbocycles. The minimum atomic E-state index is -4.16. The van der Waals surface area contributed by atoms with Crippen molar-refractivity contribution in [1.82, 2.24) is 4.72 Å². The van der Waals surface area contributed by atoms with Crippen LogP contribution in [0, 0.1) is 5.82 Å². The van der Waals surface area contributed by atoms with Crippen LogP contribution in [0.5, 0.6) is 0 Å². The van der Waals surface area contributed by atoms with Gasteiger partial charge in [-0.25, -0.2) is 25.9 Å². The average Bonchev–Trinajstić information content (AvgIpc) is 2.25. The van der Waals surface area contributed by atoms with Crippen LogP contribution in [0.1, 0.15) is 0 Å². The number of rotatable bonds is 5. The molecular weight excluding hydrogens is 340 g/mol. The molecule has 1 aromatic carbocycles. The second-order valence-electron chi connectivity index (χ2n) is 3.37. The van der Waals surface area contributed by atoms with E-state index in [4.69, 9.17) is 22.3 Å². The van der Waals surface area contributed by atoms with Crippen LogP contribution in [0.4, 0.5) is 4.39 Å². The van der Waals surface area contributed by atoms with Gasteiger partial charge in [-0.3, -0.25) is 0 Å². The van der Waals surface area contributed by atoms with Gasteiger partial charge in [-0.05, 0) is 18.2 Å². The molecule has 0 amide bonds. The largest absolute Gasteiger partial charge is 0.261 e. The van der Waals surface area contributed by atoms with Gasteiger partial charge in [0.05, 0.1) is 4.90 Å². The molecule has 0 unspecified atom stereocenters. The van der Waals surface area contributed by atoms with Crippen molar-refractivity contribution in [1.29, 1.82) is 0 Å². The van der Waals surface area contributed by atoms with E-state index in [-0.39, 0.29) is 11.6 Å². The molecule has 0 saturated heterocycles. The van der Waals surface area contributed by atoms with Crippen molar-refractivity contribution in [2.45, 2.75) is 9.79 Å². The van der Waals surface area contributed by atoms with Crippen molar-refractivity contribution in [3.8, 4) is 0 Å². The Hall–Kier alpha value is -0.670. The van der Waals surface area contributed by atoms with Crippen molar-refractivity contribution >= 4 is 41.4 Å². The predicted molar refractivity (Wildman–Crippen MR) is 69.6 cm³/mol. The molecule has 1 aromatic rings. The Morgan fingerprint density at radius 1 is 1.32 bits per heavy atom. The minimum absolute atomic E-state index is 0.0175. The van der Waals surface area contributed by atoms with Crippen LogP contribution in [0.3, 0.4) is 0 Å². The van der Waals surface area contributed by atoms with Gasteiger partial charge >= 0.3 is 0 Å². The highest BCUT2D eigenvalue weighted by Gasteiger charge is 2.21. The number of hydrogen-bond acceptors (Lipinski definition) is 4. The predicted octanol–water partition coefficient (Wildman–Crippen LogP) is 1.78. The van der Waals surface area contributed by atoms with Crippen molar-refractivity contribution < 1.29 is 21.2 Å². The second kappa shape index (κ2) is 5.76. The summed E-state index contributed by atoms with van der Waals surface area (Å²) in [4.78, 5) is -1.25. The van der Waals surface area contributed by atoms with Gasteiger partial charge < -0.3 is 0 Å². The SMILES string of the molecule is C=C(Cl)CNS(=O)(=O)c1ccc(S(=O)(=O)Cl)cc1F. The Kier molecular flexibility index (Phi) is 4.97. The molecular formula is C9H8Cl2FNO4S2. The minimum Gasteiger partial charge on any atom is -0.207 e. The fraction of sp³-hybridized carbons (Fsp3) is 0.111. The first kappa shape index (κ1) is 16.4. The van der Waals surface area contributed by atoms with Crippen molar-refractivity contribution in [2.24, 2.45) is 0 Å². The Morgan fingerprint density at radius 3 is 2.32 bits per heavy atom. The van der Waals surface area contributed by atoms with Crippen LogP contribution in [0.15, 0.2) is 39.6 Å². The topological polar surface area (TPSA) is 80.3 Å². The molecule has 0 radical (unpaired) electrons. The highest BCUT2D eigenvalue weighted by molar-refractivity contribution is 8.13. The Labute approximate surface area is 119 Å². The lowest BCUT2D eigenvalue weighted by molar-refractivity contribution is 0.555. The molecule has 1 N–H and O–H groups in total. The Morgan fingerprint density at radius 2 is 1.89 bits per heavy atom. The summed E-state index contributed by atoms with van der Waals surface area (Å²) in [6, 6.07) is 2.20. The maximum absolute atomic E-state index is 13.6. The van der Waals surface area contributed by atoms with E-state index in [0.29, 0.717) is 6.07 Å². The van der Waals surface area contributed by atoms with E-state index in [1.165, 1.54) is 0 Å². The third-order valence-electron chi connectivity index (χ3n) is 1.93. The molecule has 0 atom stereocenters. The fourth-order valence-corrected chi connectivity index (χ4v) is 3.09. The van der Waals surface area contributed by atoms with Crippen LogP contribution >= 0.6 is 22.3 Å². The van der Waals surface area contributed by atoms with Crippen LogP contribution < -0.4 is 4.72 Å². The quantitative estimate of drug-likeness (QED) is 0.823. The summed E-state index contributed by atoms with van der Waals surface area (Å²) in [5, 5.41) is 0.0175. The van der Waals surface area contributed by atoms with Gasteiger partial charge in [-0.2, -0.15) is 0 Å². The van der Waals surface area contributed by atoms with Gasteiger partial charge in [-0.1, -0.05) is 18.2 Å². The highest BCUT2D eigenvalue weighted by atomic mass is 35.7. The molecule has 10 heteroatoms. The zero-order valence-corrected chi connectivity index (χ0v) is 12.4. The summed E-state index contributed by atoms with van der Waals surface area (Å²) in [6.45, 7) is 2.99. The van der Waals surface area contributed by atoms with E-state index in [1.807, 2.05) is 4.72 Å². The normalized spacial score (nSPS) is 12.4. The first-order valence-electron chi connectivity index (χ1n) is 4.61. The molecule has 1 rings (SSSR count). The molecule has 0 fully saturated rings. The molecule has 0 bridgehead atoms. The van der Waals surface area contributed by atoms with Crippen LogP contribution in [-0.4, -0.2) is 23.4 Å². The van der Waals surface area contributed by atoms with Crippen molar-refractivity contribution in [2.75, 3.05) is 6.54 Å². The van der Waals surface area contributed by atoms with Gasteiger partial charge in [0.15, 0.2) is 0 Å². The molecule has 0 aliphatic heterocycles. The number of nitrogens with one attached hydrogen (secondary N) is 1. The number of hydrogen-bond donors (Lipinski definition) is 1. The van der Waals surface area contributed by atoms with Crippen molar-refractivity contribution in [3.05, 3.63) is 35.6 Å². The molecule has 5 nitrogen and oxygen atoms in total. The maximum Gasteiger partial charge on any atom is 0.261 e. The van der Waals surface area contributed by atoms with Crippen molar-refractivity contribution in [3.63, 3.8) is 0 Å². The molecule has 0 saturated carbocycles. The zero-order chi connectivity index (χ0) is 14.8. The lowest BCUT2D eigenvalue weighted by Crippen LogP contribution is -2.25. The molecule has 0 aliphatic rings. The van der Waals surface area contributed by atoms with Crippen LogP contribution in [-0.2, 0) is 19.1 Å². The van der Waals surface area contributed by atoms with Gasteiger partial charge in [-0.15, -0.1) is 0 Å². The van der Waals surface area contributed by atoms with E-state index in [0.717, 1.165) is 12.1 Å². The first-order chi connectivity index (χ1) is 8.54. The number of sulfonamides is 1. The van der Waals surface area contributed by atoms with Gasteiger partial charge in [0.25, 0.3) is 9.05 Å². The Bertz CT molecular complexity index is 716. The summed E-state index contributed by atoms with van der Waals surface area (Å²) in [7, 11) is -3.28. The van der Waals surface area contributed by atoms with Gasteiger partial charge in [0.1, 0.15) is 10.7 Å². The van der Waals surface area contributed by atoms with E-state index >= 15 is 0 Å².